The molecule has 10 rings (SSSR count). The summed E-state index contributed by atoms with van der Waals surface area (Å²) in [5.41, 5.74) is 2.17. The summed E-state index contributed by atoms with van der Waals surface area (Å²) in [6.07, 6.45) is 0. The molecular weight excluding hydrogens is 843 g/mol. The van der Waals surface area contributed by atoms with Crippen LogP contribution in [0.2, 0.25) is 15.9 Å². The number of hydrogen-bond acceptors (Lipinski definition) is 10. The van der Waals surface area contributed by atoms with Gasteiger partial charge in [-0.3, -0.25) is 0 Å². The van der Waals surface area contributed by atoms with Crippen molar-refractivity contribution in [1.29, 1.82) is 0 Å². The van der Waals surface area contributed by atoms with E-state index in [0.29, 0.717) is 23.0 Å². The second kappa shape index (κ2) is 20.7. The molecule has 0 saturated carbocycles. The van der Waals surface area contributed by atoms with Crippen LogP contribution in [0.1, 0.15) is 7.43 Å². The molecule has 0 spiro atoms. The molecule has 2 heterocycles. The third-order valence-electron chi connectivity index (χ3n) is 8.96. The zero-order valence-corrected chi connectivity index (χ0v) is 34.1. The number of fused-ring (bicyclic) bond motifs is 3. The van der Waals surface area contributed by atoms with Crippen molar-refractivity contribution in [1.82, 2.24) is 29.9 Å². The molecule has 8 aromatic carbocycles. The highest BCUT2D eigenvalue weighted by atomic mass is 35.5. The number of hydrogen-bond donors (Lipinski definition) is 4. The summed E-state index contributed by atoms with van der Waals surface area (Å²) in [6, 6.07) is 55.2. The number of nitrogens with zero attached hydrogens (tertiary/aromatic N) is 6. The Balaban J connectivity index is 0.000000184. The fourth-order valence-electron chi connectivity index (χ4n) is 6.22. The quantitative estimate of drug-likeness (QED) is 0.135. The van der Waals surface area contributed by atoms with Gasteiger partial charge in [-0.15, -0.1) is 0 Å². The van der Waals surface area contributed by atoms with Crippen LogP contribution in [-0.2, 0) is 0 Å². The van der Waals surface area contributed by atoms with Gasteiger partial charge >= 0.3 is 0 Å². The van der Waals surface area contributed by atoms with Crippen LogP contribution in [-0.4, -0.2) is 50.3 Å². The monoisotopic (exact) mass is 878 g/mol. The normalized spacial score (nSPS) is 10.3. The summed E-state index contributed by atoms with van der Waals surface area (Å²) in [4.78, 5) is 24.8. The van der Waals surface area contributed by atoms with Gasteiger partial charge in [0, 0.05) is 23.3 Å². The largest absolute Gasteiger partial charge is 0.508 e. The highest BCUT2D eigenvalue weighted by Gasteiger charge is 2.17. The first-order chi connectivity index (χ1) is 29.6. The maximum Gasteiger partial charge on any atom is 0.227 e. The summed E-state index contributed by atoms with van der Waals surface area (Å²) in [5.74, 6) is 1.40. The first kappa shape index (κ1) is 44.2. The van der Waals surface area contributed by atoms with Gasteiger partial charge < -0.3 is 20.4 Å². The Labute approximate surface area is 372 Å². The Morgan fingerprint density at radius 2 is 0.645 bits per heavy atom. The molecule has 0 radical (unpaired) electrons. The predicted molar refractivity (Wildman–Crippen MR) is 250 cm³/mol. The minimum absolute atomic E-state index is 0. The summed E-state index contributed by atoms with van der Waals surface area (Å²) in [7, 11) is 0. The van der Waals surface area contributed by atoms with Crippen molar-refractivity contribution in [3.63, 3.8) is 0 Å². The molecule has 0 saturated heterocycles. The minimum Gasteiger partial charge on any atom is -0.508 e. The molecule has 308 valence electrons. The fourth-order valence-corrected chi connectivity index (χ4v) is 6.83. The maximum atomic E-state index is 10.6. The molecular formula is C49H37Cl3N6O4. The Kier molecular flexibility index (Phi) is 14.8. The molecule has 0 atom stereocenters. The molecule has 2 aromatic heterocycles. The van der Waals surface area contributed by atoms with Gasteiger partial charge in [0.15, 0.2) is 17.5 Å². The molecule has 62 heavy (non-hydrogen) atoms. The molecule has 0 fully saturated rings. The molecule has 0 amide bonds. The van der Waals surface area contributed by atoms with Crippen LogP contribution >= 0.6 is 34.8 Å². The number of aromatic nitrogens is 6. The van der Waals surface area contributed by atoms with Crippen LogP contribution in [0.5, 0.6) is 23.0 Å². The Morgan fingerprint density at radius 1 is 0.306 bits per heavy atom. The number of rotatable bonds is 3. The molecule has 0 aliphatic heterocycles. The van der Waals surface area contributed by atoms with Crippen LogP contribution in [0.15, 0.2) is 176 Å². The average Bonchev–Trinajstić information content (AvgIpc) is 3.26. The highest BCUT2D eigenvalue weighted by molar-refractivity contribution is 6.33. The van der Waals surface area contributed by atoms with E-state index < -0.39 is 0 Å². The third kappa shape index (κ3) is 11.3. The van der Waals surface area contributed by atoms with E-state index in [1.807, 2.05) is 60.7 Å². The van der Waals surface area contributed by atoms with Gasteiger partial charge in [0.05, 0.1) is 5.56 Å². The topological polar surface area (TPSA) is 158 Å². The van der Waals surface area contributed by atoms with Gasteiger partial charge in [-0.1, -0.05) is 147 Å². The lowest BCUT2D eigenvalue weighted by Gasteiger charge is -2.12. The van der Waals surface area contributed by atoms with E-state index in [0.717, 1.165) is 32.7 Å². The molecule has 4 N–H and O–H groups in total. The summed E-state index contributed by atoms with van der Waals surface area (Å²) in [6.45, 7) is 0. The van der Waals surface area contributed by atoms with Crippen LogP contribution < -0.4 is 0 Å². The van der Waals surface area contributed by atoms with Gasteiger partial charge in [-0.2, -0.15) is 15.0 Å². The minimum atomic E-state index is -0.0982. The molecule has 0 aliphatic carbocycles. The summed E-state index contributed by atoms with van der Waals surface area (Å²) < 4.78 is 0. The van der Waals surface area contributed by atoms with Crippen LogP contribution in [0.3, 0.4) is 0 Å². The number of halogens is 3. The standard InChI is InChI=1S/C29H19N3O2.C10H8.C6H6O2.C3Cl3N3.CH4/c33-20-15-16-25(26(34)17-20)29-31-27(23-13-5-9-18-7-1-3-11-21(18)23)30-28(32-29)24-14-6-10-19-8-2-4-12-22(19)24;1-2-6-10-8-4-3-7-9(10)5-1;7-5-2-1-3-6(8)4-5;4-1-7-2(5)9-3(6)8-1;/h1-17,33-34H;1-8H;1-4,7-8H;;1H4. The number of benzene rings is 8. The average molecular weight is 880 g/mol. The molecule has 0 unspecified atom stereocenters. The van der Waals surface area contributed by atoms with Gasteiger partial charge in [-0.05, 0) is 91.4 Å². The lowest BCUT2D eigenvalue weighted by molar-refractivity contribution is 0.450. The molecule has 10 nitrogen and oxygen atoms in total. The van der Waals surface area contributed by atoms with Crippen molar-refractivity contribution < 1.29 is 20.4 Å². The van der Waals surface area contributed by atoms with E-state index in [1.54, 1.807) is 12.1 Å². The number of phenols is 4. The smallest absolute Gasteiger partial charge is 0.227 e. The van der Waals surface area contributed by atoms with Gasteiger partial charge in [0.25, 0.3) is 0 Å². The molecule has 13 heteroatoms. The predicted octanol–water partition coefficient (Wildman–Crippen LogP) is 13.0. The lowest BCUT2D eigenvalue weighted by Crippen LogP contribution is -2.01. The van der Waals surface area contributed by atoms with E-state index in [9.17, 15) is 10.2 Å². The third-order valence-corrected chi connectivity index (χ3v) is 9.47. The zero-order chi connectivity index (χ0) is 42.7. The van der Waals surface area contributed by atoms with Crippen molar-refractivity contribution in [3.8, 4) is 57.2 Å². The van der Waals surface area contributed by atoms with E-state index >= 15 is 0 Å². The summed E-state index contributed by atoms with van der Waals surface area (Å²) >= 11 is 16.0. The zero-order valence-electron chi connectivity index (χ0n) is 31.8. The van der Waals surface area contributed by atoms with Crippen molar-refractivity contribution in [2.24, 2.45) is 0 Å². The molecule has 0 bridgehead atoms. The van der Waals surface area contributed by atoms with Gasteiger partial charge in [-0.25, -0.2) is 15.0 Å². The van der Waals surface area contributed by atoms with Gasteiger partial charge in [0.2, 0.25) is 15.9 Å². The van der Waals surface area contributed by atoms with Crippen molar-refractivity contribution in [2.45, 2.75) is 7.43 Å². The van der Waals surface area contributed by atoms with Crippen molar-refractivity contribution in [2.75, 3.05) is 0 Å². The molecule has 10 aromatic rings. The lowest BCUT2D eigenvalue weighted by atomic mass is 10.0. The maximum absolute atomic E-state index is 10.6. The van der Waals surface area contributed by atoms with Crippen LogP contribution in [0.25, 0.3) is 66.5 Å². The van der Waals surface area contributed by atoms with Crippen LogP contribution in [0.4, 0.5) is 0 Å². The van der Waals surface area contributed by atoms with Crippen molar-refractivity contribution in [3.05, 3.63) is 192 Å². The first-order valence-corrected chi connectivity index (χ1v) is 19.6. The van der Waals surface area contributed by atoms with E-state index in [4.69, 9.17) is 60.0 Å². The molecule has 0 aliphatic rings. The van der Waals surface area contributed by atoms with E-state index in [-0.39, 0.29) is 46.3 Å². The number of aromatic hydroxyl groups is 4. The second-order valence-corrected chi connectivity index (χ2v) is 14.1. The van der Waals surface area contributed by atoms with Crippen molar-refractivity contribution >= 4 is 67.1 Å². The van der Waals surface area contributed by atoms with Crippen LogP contribution in [0, 0.1) is 0 Å². The SMILES string of the molecule is C.Clc1nc(Cl)nc(Cl)n1.Oc1ccc(-c2nc(-c3cccc4ccccc34)nc(-c3cccc4ccccc34)n2)c(O)c1.Oc1cccc(O)c1.c1ccc2ccccc2c1. The number of phenolic OH excluding ortho intramolecular Hbond substituents is 4. The van der Waals surface area contributed by atoms with E-state index in [2.05, 4.69) is 87.7 Å². The van der Waals surface area contributed by atoms with E-state index in [1.165, 1.54) is 41.1 Å². The fraction of sp³-hybridized carbons (Fsp3) is 0.0204. The summed E-state index contributed by atoms with van der Waals surface area (Å²) in [5, 5.41) is 44.5. The first-order valence-electron chi connectivity index (χ1n) is 18.5. The second-order valence-electron chi connectivity index (χ2n) is 13.1. The highest BCUT2D eigenvalue weighted by Crippen LogP contribution is 2.35. The Bertz CT molecular complexity index is 2880. The Morgan fingerprint density at radius 3 is 1.03 bits per heavy atom. The Hall–Kier alpha value is -7.37. The van der Waals surface area contributed by atoms with Gasteiger partial charge in [0.1, 0.15) is 23.0 Å².